The fourth-order valence-corrected chi connectivity index (χ4v) is 4.04. The minimum absolute atomic E-state index is 0.128. The molecule has 2 heterocycles. The van der Waals surface area contributed by atoms with Crippen LogP contribution in [0.3, 0.4) is 0 Å². The van der Waals surface area contributed by atoms with Crippen LogP contribution in [0, 0.1) is 0 Å². The second-order valence-electron chi connectivity index (χ2n) is 6.77. The van der Waals surface area contributed by atoms with Gasteiger partial charge in [-0.25, -0.2) is 4.98 Å². The first-order valence-corrected chi connectivity index (χ1v) is 10.9. The number of hydrogen-bond acceptors (Lipinski definition) is 6. The lowest BCUT2D eigenvalue weighted by Crippen LogP contribution is -2.10. The first-order chi connectivity index (χ1) is 15.1. The molecule has 0 radical (unpaired) electrons. The highest BCUT2D eigenvalue weighted by molar-refractivity contribution is 7.13. The maximum Gasteiger partial charge on any atom is 0.239 e. The standard InChI is InChI=1S/C23H16ClN3O3S/c1-2-20(28)26-16-8-10-18-21(27-23(30-18)19-11-25-12-31-19)22(16)29-17-9-7-15(24)13-5-3-4-6-14(13)17/h3-12H,2H2,1H3,(H,26,28). The molecule has 8 heteroatoms. The quantitative estimate of drug-likeness (QED) is 0.316. The molecule has 31 heavy (non-hydrogen) atoms. The van der Waals surface area contributed by atoms with Gasteiger partial charge in [0.1, 0.15) is 10.6 Å². The molecule has 0 saturated heterocycles. The van der Waals surface area contributed by atoms with Gasteiger partial charge >= 0.3 is 0 Å². The van der Waals surface area contributed by atoms with Crippen molar-refractivity contribution in [1.29, 1.82) is 0 Å². The number of benzene rings is 3. The Labute approximate surface area is 186 Å². The molecule has 0 spiro atoms. The summed E-state index contributed by atoms with van der Waals surface area (Å²) in [7, 11) is 0. The van der Waals surface area contributed by atoms with Gasteiger partial charge in [0.05, 0.1) is 17.4 Å². The number of carbonyl (C=O) groups excluding carboxylic acids is 1. The summed E-state index contributed by atoms with van der Waals surface area (Å²) in [5.74, 6) is 1.33. The van der Waals surface area contributed by atoms with E-state index in [9.17, 15) is 4.79 Å². The third-order valence-electron chi connectivity index (χ3n) is 4.80. The fourth-order valence-electron chi connectivity index (χ4n) is 3.27. The molecule has 0 bridgehead atoms. The topological polar surface area (TPSA) is 77.3 Å². The van der Waals surface area contributed by atoms with Crippen LogP contribution in [0.25, 0.3) is 32.6 Å². The number of amides is 1. The van der Waals surface area contributed by atoms with Crippen molar-refractivity contribution >= 4 is 56.4 Å². The van der Waals surface area contributed by atoms with Crippen molar-refractivity contribution in [2.75, 3.05) is 5.32 Å². The van der Waals surface area contributed by atoms with Gasteiger partial charge in [0.2, 0.25) is 11.8 Å². The molecule has 0 saturated carbocycles. The van der Waals surface area contributed by atoms with E-state index in [1.165, 1.54) is 11.3 Å². The number of nitrogens with one attached hydrogen (secondary N) is 1. The van der Waals surface area contributed by atoms with Gasteiger partial charge < -0.3 is 14.5 Å². The van der Waals surface area contributed by atoms with Crippen LogP contribution in [0.2, 0.25) is 5.02 Å². The number of ether oxygens (including phenoxy) is 1. The van der Waals surface area contributed by atoms with E-state index in [1.54, 1.807) is 42.9 Å². The van der Waals surface area contributed by atoms with E-state index in [-0.39, 0.29) is 5.91 Å². The lowest BCUT2D eigenvalue weighted by Gasteiger charge is -2.14. The molecular formula is C23H16ClN3O3S. The summed E-state index contributed by atoms with van der Waals surface area (Å²) in [6.07, 6.45) is 2.04. The van der Waals surface area contributed by atoms with Gasteiger partial charge in [0, 0.05) is 22.2 Å². The summed E-state index contributed by atoms with van der Waals surface area (Å²) in [5, 5.41) is 5.25. The molecule has 0 fully saturated rings. The van der Waals surface area contributed by atoms with Crippen molar-refractivity contribution in [3.05, 3.63) is 65.3 Å². The van der Waals surface area contributed by atoms with Gasteiger partial charge in [-0.1, -0.05) is 42.8 Å². The number of halogens is 1. The predicted octanol–water partition coefficient (Wildman–Crippen LogP) is 6.90. The van der Waals surface area contributed by atoms with E-state index in [4.69, 9.17) is 20.8 Å². The van der Waals surface area contributed by atoms with Gasteiger partial charge in [0.15, 0.2) is 16.8 Å². The number of nitrogens with zero attached hydrogens (tertiary/aromatic N) is 2. The molecule has 5 rings (SSSR count). The normalized spacial score (nSPS) is 11.2. The summed E-state index contributed by atoms with van der Waals surface area (Å²) in [5.41, 5.74) is 3.29. The molecule has 5 aromatic rings. The molecule has 1 amide bonds. The number of carbonyl (C=O) groups is 1. The molecule has 2 aromatic heterocycles. The maximum atomic E-state index is 12.1. The van der Waals surface area contributed by atoms with Crippen LogP contribution in [-0.4, -0.2) is 15.9 Å². The van der Waals surface area contributed by atoms with Crippen molar-refractivity contribution in [2.24, 2.45) is 0 Å². The Morgan fingerprint density at radius 1 is 1.16 bits per heavy atom. The maximum absolute atomic E-state index is 12.1. The van der Waals surface area contributed by atoms with Crippen LogP contribution in [0.5, 0.6) is 11.5 Å². The minimum atomic E-state index is -0.128. The van der Waals surface area contributed by atoms with Crippen molar-refractivity contribution in [1.82, 2.24) is 9.97 Å². The predicted molar refractivity (Wildman–Crippen MR) is 123 cm³/mol. The van der Waals surface area contributed by atoms with Crippen LogP contribution in [0.1, 0.15) is 13.3 Å². The SMILES string of the molecule is CCC(=O)Nc1ccc2oc(-c3cncs3)nc2c1Oc1ccc(Cl)c2ccccc12. The first-order valence-electron chi connectivity index (χ1n) is 9.61. The van der Waals surface area contributed by atoms with Crippen molar-refractivity contribution in [3.63, 3.8) is 0 Å². The number of aromatic nitrogens is 2. The van der Waals surface area contributed by atoms with Crippen LogP contribution >= 0.6 is 22.9 Å². The highest BCUT2D eigenvalue weighted by Gasteiger charge is 2.20. The second kappa shape index (κ2) is 8.02. The Hall–Kier alpha value is -3.42. The third kappa shape index (κ3) is 3.62. The van der Waals surface area contributed by atoms with E-state index in [1.807, 2.05) is 24.3 Å². The van der Waals surface area contributed by atoms with Gasteiger partial charge in [-0.15, -0.1) is 11.3 Å². The molecule has 3 aromatic carbocycles. The molecular weight excluding hydrogens is 434 g/mol. The van der Waals surface area contributed by atoms with E-state index in [0.29, 0.717) is 45.6 Å². The monoisotopic (exact) mass is 449 g/mol. The zero-order valence-corrected chi connectivity index (χ0v) is 18.0. The van der Waals surface area contributed by atoms with Crippen LogP contribution in [0.15, 0.2) is 64.7 Å². The second-order valence-corrected chi connectivity index (χ2v) is 8.06. The summed E-state index contributed by atoms with van der Waals surface area (Å²) in [6, 6.07) is 14.8. The van der Waals surface area contributed by atoms with Gasteiger partial charge in [-0.05, 0) is 24.3 Å². The zero-order chi connectivity index (χ0) is 21.4. The number of anilines is 1. The largest absolute Gasteiger partial charge is 0.452 e. The molecule has 1 N–H and O–H groups in total. The molecule has 0 aliphatic rings. The van der Waals surface area contributed by atoms with Gasteiger partial charge in [-0.2, -0.15) is 0 Å². The third-order valence-corrected chi connectivity index (χ3v) is 5.89. The molecule has 0 aliphatic carbocycles. The average Bonchev–Trinajstić information content (AvgIpc) is 3.47. The summed E-state index contributed by atoms with van der Waals surface area (Å²) < 4.78 is 12.3. The van der Waals surface area contributed by atoms with Crippen molar-refractivity contribution in [3.8, 4) is 22.3 Å². The minimum Gasteiger partial charge on any atom is -0.452 e. The van der Waals surface area contributed by atoms with E-state index >= 15 is 0 Å². The van der Waals surface area contributed by atoms with Crippen LogP contribution in [-0.2, 0) is 4.79 Å². The number of fused-ring (bicyclic) bond motifs is 2. The zero-order valence-electron chi connectivity index (χ0n) is 16.4. The van der Waals surface area contributed by atoms with E-state index < -0.39 is 0 Å². The highest BCUT2D eigenvalue weighted by atomic mass is 35.5. The summed E-state index contributed by atoms with van der Waals surface area (Å²) >= 11 is 7.79. The molecule has 6 nitrogen and oxygen atoms in total. The Morgan fingerprint density at radius 2 is 2.00 bits per heavy atom. The van der Waals surface area contributed by atoms with Gasteiger partial charge in [0.25, 0.3) is 0 Å². The summed E-state index contributed by atoms with van der Waals surface area (Å²) in [4.78, 5) is 21.7. The smallest absolute Gasteiger partial charge is 0.239 e. The number of hydrogen-bond donors (Lipinski definition) is 1. The first kappa shape index (κ1) is 19.5. The Bertz CT molecular complexity index is 1410. The molecule has 0 atom stereocenters. The highest BCUT2D eigenvalue weighted by Crippen LogP contribution is 2.41. The fraction of sp³-hybridized carbons (Fsp3) is 0.0870. The van der Waals surface area contributed by atoms with Crippen molar-refractivity contribution < 1.29 is 13.9 Å². The van der Waals surface area contributed by atoms with Gasteiger partial charge in [-0.3, -0.25) is 9.78 Å². The van der Waals surface area contributed by atoms with Crippen molar-refractivity contribution in [2.45, 2.75) is 13.3 Å². The Kier molecular flexibility index (Phi) is 5.05. The Balaban J connectivity index is 1.69. The lowest BCUT2D eigenvalue weighted by atomic mass is 10.1. The number of rotatable bonds is 5. The van der Waals surface area contributed by atoms with Crippen LogP contribution in [0.4, 0.5) is 5.69 Å². The molecule has 154 valence electrons. The Morgan fingerprint density at radius 3 is 2.77 bits per heavy atom. The molecule has 0 aliphatic heterocycles. The number of thiazole rings is 1. The molecule has 0 unspecified atom stereocenters. The van der Waals surface area contributed by atoms with E-state index in [0.717, 1.165) is 15.6 Å². The lowest BCUT2D eigenvalue weighted by molar-refractivity contribution is -0.115. The average molecular weight is 450 g/mol. The summed E-state index contributed by atoms with van der Waals surface area (Å²) in [6.45, 7) is 1.79. The van der Waals surface area contributed by atoms with E-state index in [2.05, 4.69) is 15.3 Å². The van der Waals surface area contributed by atoms with Crippen LogP contribution < -0.4 is 10.1 Å². The number of oxazole rings is 1.